The van der Waals surface area contributed by atoms with Crippen molar-refractivity contribution in [2.24, 2.45) is 0 Å². The van der Waals surface area contributed by atoms with Gasteiger partial charge in [0.1, 0.15) is 5.58 Å². The average molecular weight is 744 g/mol. The van der Waals surface area contributed by atoms with Crippen molar-refractivity contribution < 1.29 is 80.2 Å². The second kappa shape index (κ2) is 12.8. The molecule has 266 valence electrons. The second-order valence-corrected chi connectivity index (χ2v) is 10.3. The Morgan fingerprint density at radius 2 is 0.980 bits per heavy atom. The van der Waals surface area contributed by atoms with E-state index >= 15 is 0 Å². The van der Waals surface area contributed by atoms with Crippen molar-refractivity contribution in [1.82, 2.24) is 0 Å². The van der Waals surface area contributed by atoms with E-state index in [4.69, 9.17) is 9.52 Å². The minimum Gasteiger partial charge on any atom is -0.477 e. The summed E-state index contributed by atoms with van der Waals surface area (Å²) in [4.78, 5) is 23.2. The molecule has 1 heterocycles. The number of fused-ring (bicyclic) bond motifs is 1. The molecule has 3 aromatic carbocycles. The summed E-state index contributed by atoms with van der Waals surface area (Å²) in [6.07, 6.45) is -7.69. The van der Waals surface area contributed by atoms with Crippen LogP contribution in [0.25, 0.3) is 33.2 Å². The van der Waals surface area contributed by atoms with E-state index in [1.54, 1.807) is 6.07 Å². The van der Waals surface area contributed by atoms with Gasteiger partial charge in [0, 0.05) is 15.8 Å². The van der Waals surface area contributed by atoms with E-state index in [0.717, 1.165) is 27.0 Å². The molecule has 1 N–H and O–H groups in total. The molecule has 1 aromatic heterocycles. The number of halogens is 15. The number of carboxylic acids is 1. The molecule has 0 unspecified atom stereocenters. The van der Waals surface area contributed by atoms with E-state index in [1.165, 1.54) is 0 Å². The zero-order valence-corrected chi connectivity index (χ0v) is 24.2. The third kappa shape index (κ3) is 6.41. The fraction of sp³-hybridized carbons (Fsp3) is 0.241. The van der Waals surface area contributed by atoms with Gasteiger partial charge in [0.05, 0.1) is 5.56 Å². The van der Waals surface area contributed by atoms with E-state index in [0.29, 0.717) is 11.1 Å². The highest BCUT2D eigenvalue weighted by atomic mass is 32.1. The lowest BCUT2D eigenvalue weighted by atomic mass is 9.91. The van der Waals surface area contributed by atoms with Gasteiger partial charge in [-0.2, -0.15) is 65.9 Å². The third-order valence-electron chi connectivity index (χ3n) is 6.61. The SMILES string of the molecule is O=C(O)C(F)(F)C(F)(F)C(F)(F)C(F)(F)C(F)(F)C(F)(F)C(F)(F)F.O=c1oc2cc(S)ccc2c(-c2ccccc2)c1-c1ccccc1. The summed E-state index contributed by atoms with van der Waals surface area (Å²) in [5, 5.41) is 8.47. The molecule has 0 aliphatic carbocycles. The first kappa shape index (κ1) is 39.1. The third-order valence-corrected chi connectivity index (χ3v) is 6.89. The van der Waals surface area contributed by atoms with E-state index < -0.39 is 47.7 Å². The lowest BCUT2D eigenvalue weighted by molar-refractivity contribution is -0.450. The Morgan fingerprint density at radius 3 is 1.41 bits per heavy atom. The van der Waals surface area contributed by atoms with Crippen molar-refractivity contribution in [3.63, 3.8) is 0 Å². The minimum absolute atomic E-state index is 0.341. The maximum absolute atomic E-state index is 12.8. The molecule has 4 rings (SSSR count). The largest absolute Gasteiger partial charge is 0.477 e. The number of thiol groups is 1. The number of aliphatic carboxylic acids is 1. The van der Waals surface area contributed by atoms with Gasteiger partial charge in [-0.25, -0.2) is 9.59 Å². The summed E-state index contributed by atoms with van der Waals surface area (Å²) in [5.41, 5.74) is 3.52. The zero-order chi connectivity index (χ0) is 37.6. The molecule has 0 aliphatic heterocycles. The monoisotopic (exact) mass is 744 g/mol. The van der Waals surface area contributed by atoms with Crippen molar-refractivity contribution in [2.45, 2.75) is 46.6 Å². The second-order valence-electron chi connectivity index (χ2n) is 9.80. The molecular weight excluding hydrogens is 729 g/mol. The molecule has 0 radical (unpaired) electrons. The van der Waals surface area contributed by atoms with Crippen molar-refractivity contribution in [3.8, 4) is 22.3 Å². The van der Waals surface area contributed by atoms with Gasteiger partial charge in [-0.15, -0.1) is 12.6 Å². The van der Waals surface area contributed by atoms with Gasteiger partial charge in [-0.05, 0) is 29.3 Å². The molecule has 49 heavy (non-hydrogen) atoms. The Morgan fingerprint density at radius 1 is 0.571 bits per heavy atom. The predicted molar refractivity (Wildman–Crippen MR) is 144 cm³/mol. The van der Waals surface area contributed by atoms with Gasteiger partial charge in [0.15, 0.2) is 0 Å². The van der Waals surface area contributed by atoms with Crippen LogP contribution in [0.15, 0.2) is 93.0 Å². The number of carboxylic acid groups (broad SMARTS) is 1. The van der Waals surface area contributed by atoms with Crippen LogP contribution in [0.2, 0.25) is 0 Å². The van der Waals surface area contributed by atoms with Crippen LogP contribution in [0.3, 0.4) is 0 Å². The summed E-state index contributed by atoms with van der Waals surface area (Å²) in [6.45, 7) is 0. The molecule has 4 nitrogen and oxygen atoms in total. The molecular formula is C29H15F15O4S. The molecule has 4 aromatic rings. The average Bonchev–Trinajstić information content (AvgIpc) is 3.00. The molecule has 0 spiro atoms. The molecule has 0 saturated carbocycles. The van der Waals surface area contributed by atoms with Crippen LogP contribution in [-0.2, 0) is 4.79 Å². The van der Waals surface area contributed by atoms with Gasteiger partial charge in [-0.1, -0.05) is 60.7 Å². The summed E-state index contributed by atoms with van der Waals surface area (Å²) in [6, 6.07) is 25.2. The van der Waals surface area contributed by atoms with Crippen LogP contribution in [0.1, 0.15) is 0 Å². The first-order chi connectivity index (χ1) is 22.2. The number of alkyl halides is 15. The first-order valence-electron chi connectivity index (χ1n) is 12.7. The molecule has 0 bridgehead atoms. The van der Waals surface area contributed by atoms with Crippen LogP contribution in [-0.4, -0.2) is 52.8 Å². The topological polar surface area (TPSA) is 67.5 Å². The highest BCUT2D eigenvalue weighted by molar-refractivity contribution is 7.80. The molecule has 0 amide bonds. The number of rotatable bonds is 8. The van der Waals surface area contributed by atoms with Gasteiger partial charge in [-0.3, -0.25) is 0 Å². The quantitative estimate of drug-likeness (QED) is 0.107. The fourth-order valence-corrected chi connectivity index (χ4v) is 4.25. The van der Waals surface area contributed by atoms with E-state index in [-0.39, 0.29) is 5.63 Å². The van der Waals surface area contributed by atoms with Crippen LogP contribution in [0, 0.1) is 0 Å². The van der Waals surface area contributed by atoms with E-state index in [2.05, 4.69) is 12.6 Å². The Hall–Kier alpha value is -4.36. The number of benzene rings is 3. The van der Waals surface area contributed by atoms with Crippen LogP contribution >= 0.6 is 12.6 Å². The van der Waals surface area contributed by atoms with Crippen molar-refractivity contribution in [2.75, 3.05) is 0 Å². The Bertz CT molecular complexity index is 1870. The van der Waals surface area contributed by atoms with Crippen LogP contribution in [0.5, 0.6) is 0 Å². The molecule has 0 atom stereocenters. The Labute approximate surface area is 268 Å². The molecule has 0 aliphatic rings. The maximum atomic E-state index is 12.8. The number of hydrogen-bond donors (Lipinski definition) is 2. The van der Waals surface area contributed by atoms with E-state index in [1.807, 2.05) is 72.8 Å². The first-order valence-corrected chi connectivity index (χ1v) is 13.1. The molecule has 20 heteroatoms. The predicted octanol–water partition coefficient (Wildman–Crippen LogP) is 9.86. The standard InChI is InChI=1S/C21H14O2S.C8HF15O2/c22-21-20(15-9-5-2-6-10-15)19(14-7-3-1-4-8-14)17-12-11-16(24)13-18(17)23-21;9-2(10,1(24)25)3(11,12)4(13,14)5(15,16)6(17,18)7(19,20)8(21,22)23/h1-13,24H;(H,24,25). The number of carbonyl (C=O) groups is 1. The Kier molecular flexibility index (Phi) is 10.2. The van der Waals surface area contributed by atoms with Gasteiger partial charge in [0.2, 0.25) is 0 Å². The van der Waals surface area contributed by atoms with Crippen LogP contribution in [0.4, 0.5) is 65.9 Å². The lowest BCUT2D eigenvalue weighted by Crippen LogP contribution is -2.73. The van der Waals surface area contributed by atoms with Crippen molar-refractivity contribution in [3.05, 3.63) is 89.3 Å². The summed E-state index contributed by atoms with van der Waals surface area (Å²) >= 11 is 4.35. The van der Waals surface area contributed by atoms with Gasteiger partial charge >= 0.3 is 53.3 Å². The smallest absolute Gasteiger partial charge is 0.460 e. The normalized spacial score (nSPS) is 13.6. The highest BCUT2D eigenvalue weighted by Crippen LogP contribution is 2.62. The maximum Gasteiger partial charge on any atom is 0.460 e. The summed E-state index contributed by atoms with van der Waals surface area (Å²) in [5.74, 6) is -52.8. The van der Waals surface area contributed by atoms with Crippen molar-refractivity contribution in [1.29, 1.82) is 0 Å². The molecule has 0 fully saturated rings. The molecule has 0 saturated heterocycles. The fourth-order valence-electron chi connectivity index (χ4n) is 4.06. The summed E-state index contributed by atoms with van der Waals surface area (Å²) in [7, 11) is 0. The van der Waals surface area contributed by atoms with E-state index in [9.17, 15) is 75.4 Å². The highest BCUT2D eigenvalue weighted by Gasteiger charge is 2.94. The minimum atomic E-state index is -8.47. The van der Waals surface area contributed by atoms with Crippen molar-refractivity contribution >= 4 is 29.6 Å². The Balaban J connectivity index is 0.000000265. The summed E-state index contributed by atoms with van der Waals surface area (Å²) < 4.78 is 192. The van der Waals surface area contributed by atoms with Gasteiger partial charge in [0.25, 0.3) is 0 Å². The van der Waals surface area contributed by atoms with Crippen LogP contribution < -0.4 is 5.63 Å². The zero-order valence-electron chi connectivity index (χ0n) is 23.3. The van der Waals surface area contributed by atoms with Gasteiger partial charge < -0.3 is 9.52 Å². The number of hydrogen-bond acceptors (Lipinski definition) is 4. The lowest BCUT2D eigenvalue weighted by Gasteiger charge is -2.40.